The maximum Gasteiger partial charge on any atom is 0.273 e. The van der Waals surface area contributed by atoms with Gasteiger partial charge in [0.1, 0.15) is 0 Å². The summed E-state index contributed by atoms with van der Waals surface area (Å²) in [4.78, 5) is 11.8. The maximum absolute atomic E-state index is 11.8. The lowest BCUT2D eigenvalue weighted by molar-refractivity contribution is 0.0952. The van der Waals surface area contributed by atoms with E-state index in [0.717, 1.165) is 36.5 Å². The van der Waals surface area contributed by atoms with Crippen LogP contribution in [0.25, 0.3) is 0 Å². The van der Waals surface area contributed by atoms with Crippen LogP contribution in [0.3, 0.4) is 0 Å². The van der Waals surface area contributed by atoms with Crippen LogP contribution in [0.15, 0.2) is 0 Å². The van der Waals surface area contributed by atoms with E-state index in [1.807, 2.05) is 6.92 Å². The molecule has 1 aromatic heterocycles. The number of aliphatic hydroxyl groups excluding tert-OH is 1. The monoisotopic (exact) mass is 286 g/mol. The number of hydrogen-bond acceptors (Lipinski definition) is 5. The smallest absolute Gasteiger partial charge is 0.273 e. The molecule has 0 aliphatic heterocycles. The van der Waals surface area contributed by atoms with E-state index in [-0.39, 0.29) is 18.2 Å². The molecular formula is C12H22N4O2S. The molecule has 0 saturated carbocycles. The third kappa shape index (κ3) is 5.12. The van der Waals surface area contributed by atoms with Crippen molar-refractivity contribution in [2.45, 2.75) is 26.2 Å². The van der Waals surface area contributed by atoms with Crippen molar-refractivity contribution in [1.29, 1.82) is 0 Å². The summed E-state index contributed by atoms with van der Waals surface area (Å²) < 4.78 is 0. The van der Waals surface area contributed by atoms with Crippen LogP contribution in [0.5, 0.6) is 0 Å². The van der Waals surface area contributed by atoms with Gasteiger partial charge < -0.3 is 16.2 Å². The lowest BCUT2D eigenvalue weighted by Crippen LogP contribution is -2.27. The average molecular weight is 286 g/mol. The molecule has 108 valence electrons. The number of anilines is 1. The van der Waals surface area contributed by atoms with Crippen molar-refractivity contribution in [3.05, 3.63) is 11.4 Å². The van der Waals surface area contributed by atoms with Gasteiger partial charge in [0.25, 0.3) is 5.91 Å². The van der Waals surface area contributed by atoms with Gasteiger partial charge in [0, 0.05) is 18.9 Å². The quantitative estimate of drug-likeness (QED) is 0.502. The largest absolute Gasteiger partial charge is 0.396 e. The van der Waals surface area contributed by atoms with Gasteiger partial charge in [-0.05, 0) is 18.6 Å². The molecule has 1 heterocycles. The Balaban J connectivity index is 2.33. The number of carbonyl (C=O) groups excluding carboxylic acids is 1. The Morgan fingerprint density at radius 2 is 2.32 bits per heavy atom. The summed E-state index contributed by atoms with van der Waals surface area (Å²) >= 11 is 1.70. The maximum atomic E-state index is 11.8. The van der Waals surface area contributed by atoms with E-state index in [4.69, 9.17) is 10.8 Å². The topological polar surface area (TPSA) is 104 Å². The number of nitrogen functional groups attached to an aromatic ring is 1. The van der Waals surface area contributed by atoms with Crippen LogP contribution in [-0.2, 0) is 6.42 Å². The van der Waals surface area contributed by atoms with Crippen molar-refractivity contribution < 1.29 is 9.90 Å². The van der Waals surface area contributed by atoms with Crippen molar-refractivity contribution in [2.75, 3.05) is 30.4 Å². The fraction of sp³-hybridized carbons (Fsp3) is 0.667. The highest BCUT2D eigenvalue weighted by Crippen LogP contribution is 2.15. The van der Waals surface area contributed by atoms with Gasteiger partial charge in [-0.2, -0.15) is 16.9 Å². The highest BCUT2D eigenvalue weighted by Gasteiger charge is 2.16. The van der Waals surface area contributed by atoms with Crippen molar-refractivity contribution in [3.63, 3.8) is 0 Å². The second-order valence-corrected chi connectivity index (χ2v) is 5.38. The molecule has 0 unspecified atom stereocenters. The summed E-state index contributed by atoms with van der Waals surface area (Å²) in [5.41, 5.74) is 7.43. The summed E-state index contributed by atoms with van der Waals surface area (Å²) in [5.74, 6) is 1.48. The van der Waals surface area contributed by atoms with Crippen LogP contribution in [0, 0.1) is 0 Å². The predicted molar refractivity (Wildman–Crippen MR) is 78.4 cm³/mol. The van der Waals surface area contributed by atoms with Crippen molar-refractivity contribution in [2.24, 2.45) is 0 Å². The van der Waals surface area contributed by atoms with Gasteiger partial charge in [-0.1, -0.05) is 13.3 Å². The van der Waals surface area contributed by atoms with Crippen LogP contribution >= 0.6 is 11.8 Å². The van der Waals surface area contributed by atoms with Gasteiger partial charge in [-0.25, -0.2) is 0 Å². The van der Waals surface area contributed by atoms with Gasteiger partial charge in [0.05, 0.1) is 11.4 Å². The van der Waals surface area contributed by atoms with Crippen LogP contribution in [-0.4, -0.2) is 45.9 Å². The number of nitrogens with zero attached hydrogens (tertiary/aromatic N) is 1. The first-order valence-electron chi connectivity index (χ1n) is 6.50. The summed E-state index contributed by atoms with van der Waals surface area (Å²) in [6.07, 6.45) is 2.53. The summed E-state index contributed by atoms with van der Waals surface area (Å²) in [5, 5.41) is 18.2. The molecule has 0 spiro atoms. The first-order valence-corrected chi connectivity index (χ1v) is 7.65. The molecule has 1 rings (SSSR count). The van der Waals surface area contributed by atoms with E-state index in [9.17, 15) is 4.79 Å². The first-order chi connectivity index (χ1) is 9.20. The van der Waals surface area contributed by atoms with E-state index in [0.29, 0.717) is 12.2 Å². The lowest BCUT2D eigenvalue weighted by atomic mass is 10.2. The molecule has 5 N–H and O–H groups in total. The SMILES string of the molecule is CCCc1[nH]nc(C(=O)NCCSCCCO)c1N. The third-order valence-corrected chi connectivity index (χ3v) is 3.65. The number of hydrogen-bond donors (Lipinski definition) is 4. The number of amides is 1. The number of aromatic nitrogens is 2. The van der Waals surface area contributed by atoms with E-state index in [1.165, 1.54) is 0 Å². The average Bonchev–Trinajstić information content (AvgIpc) is 2.76. The second-order valence-electron chi connectivity index (χ2n) is 4.16. The van der Waals surface area contributed by atoms with E-state index >= 15 is 0 Å². The van der Waals surface area contributed by atoms with E-state index < -0.39 is 0 Å². The first kappa shape index (κ1) is 15.8. The third-order valence-electron chi connectivity index (χ3n) is 2.58. The fourth-order valence-corrected chi connectivity index (χ4v) is 2.37. The van der Waals surface area contributed by atoms with E-state index in [2.05, 4.69) is 15.5 Å². The summed E-state index contributed by atoms with van der Waals surface area (Å²) in [7, 11) is 0. The molecule has 0 atom stereocenters. The molecule has 0 fully saturated rings. The number of nitrogens with one attached hydrogen (secondary N) is 2. The molecular weight excluding hydrogens is 264 g/mol. The molecule has 7 heteroatoms. The minimum absolute atomic E-state index is 0.212. The minimum atomic E-state index is -0.237. The van der Waals surface area contributed by atoms with Crippen LogP contribution < -0.4 is 11.1 Å². The van der Waals surface area contributed by atoms with Crippen LogP contribution in [0.2, 0.25) is 0 Å². The highest BCUT2D eigenvalue weighted by atomic mass is 32.2. The fourth-order valence-electron chi connectivity index (χ4n) is 1.59. The molecule has 0 radical (unpaired) electrons. The highest BCUT2D eigenvalue weighted by molar-refractivity contribution is 7.99. The summed E-state index contributed by atoms with van der Waals surface area (Å²) in [6.45, 7) is 2.83. The number of rotatable bonds is 9. The van der Waals surface area contributed by atoms with Gasteiger partial charge in [-0.15, -0.1) is 0 Å². The number of aliphatic hydroxyl groups is 1. The second kappa shape index (κ2) is 8.82. The normalized spacial score (nSPS) is 10.6. The van der Waals surface area contributed by atoms with Gasteiger partial charge in [0.15, 0.2) is 5.69 Å². The zero-order valence-corrected chi connectivity index (χ0v) is 12.1. The standard InChI is InChI=1S/C12H22N4O2S/c1-2-4-9-10(13)11(16-15-9)12(18)14-5-8-19-7-3-6-17/h17H,2-8,13H2,1H3,(H,14,18)(H,15,16). The molecule has 0 aliphatic carbocycles. The van der Waals surface area contributed by atoms with Crippen LogP contribution in [0.1, 0.15) is 35.9 Å². The van der Waals surface area contributed by atoms with E-state index in [1.54, 1.807) is 11.8 Å². The molecule has 19 heavy (non-hydrogen) atoms. The molecule has 0 bridgehead atoms. The lowest BCUT2D eigenvalue weighted by Gasteiger charge is -2.03. The zero-order chi connectivity index (χ0) is 14.1. The molecule has 0 aliphatic rings. The Morgan fingerprint density at radius 1 is 1.53 bits per heavy atom. The number of H-pyrrole nitrogens is 1. The molecule has 6 nitrogen and oxygen atoms in total. The molecule has 0 aromatic carbocycles. The van der Waals surface area contributed by atoms with Gasteiger partial charge in [-0.3, -0.25) is 9.89 Å². The van der Waals surface area contributed by atoms with Crippen molar-refractivity contribution in [3.8, 4) is 0 Å². The number of carbonyl (C=O) groups is 1. The predicted octanol–water partition coefficient (Wildman–Crippen LogP) is 0.790. The van der Waals surface area contributed by atoms with Crippen LogP contribution in [0.4, 0.5) is 5.69 Å². The molecule has 1 aromatic rings. The molecule has 0 saturated heterocycles. The molecule has 1 amide bonds. The zero-order valence-electron chi connectivity index (χ0n) is 11.2. The Labute approximate surface area is 117 Å². The summed E-state index contributed by atoms with van der Waals surface area (Å²) in [6, 6.07) is 0. The Hall–Kier alpha value is -1.21. The van der Waals surface area contributed by atoms with Gasteiger partial charge in [0.2, 0.25) is 0 Å². The van der Waals surface area contributed by atoms with Gasteiger partial charge >= 0.3 is 0 Å². The number of thioether (sulfide) groups is 1. The Bertz CT molecular complexity index is 395. The number of nitrogens with two attached hydrogens (primary N) is 1. The van der Waals surface area contributed by atoms with Crippen molar-refractivity contribution >= 4 is 23.4 Å². The number of aryl methyl sites for hydroxylation is 1. The number of aromatic amines is 1. The Kier molecular flexibility index (Phi) is 7.35. The van der Waals surface area contributed by atoms with Crippen molar-refractivity contribution in [1.82, 2.24) is 15.5 Å². The Morgan fingerprint density at radius 3 is 3.00 bits per heavy atom. The minimum Gasteiger partial charge on any atom is -0.396 e.